The molecule has 1 amide bonds. The number of ether oxygens (including phenoxy) is 1. The number of fused-ring (bicyclic) bond motifs is 6. The summed E-state index contributed by atoms with van der Waals surface area (Å²) >= 11 is 0. The fourth-order valence-electron chi connectivity index (χ4n) is 10.7. The average Bonchev–Trinajstić information content (AvgIpc) is 3.89. The van der Waals surface area contributed by atoms with Crippen molar-refractivity contribution in [3.8, 4) is 5.69 Å². The minimum Gasteiger partial charge on any atom is -0.457 e. The van der Waals surface area contributed by atoms with Gasteiger partial charge in [0, 0.05) is 23.9 Å². The van der Waals surface area contributed by atoms with Crippen molar-refractivity contribution in [2.45, 2.75) is 83.8 Å². The summed E-state index contributed by atoms with van der Waals surface area (Å²) in [5.41, 5.74) is 3.63. The molecule has 52 heavy (non-hydrogen) atoms. The van der Waals surface area contributed by atoms with Crippen molar-refractivity contribution in [3.63, 3.8) is 0 Å². The molecule has 2 N–H and O–H groups in total. The first kappa shape index (κ1) is 34.3. The molecule has 0 bridgehead atoms. The summed E-state index contributed by atoms with van der Waals surface area (Å²) in [6.07, 6.45) is 10.00. The summed E-state index contributed by atoms with van der Waals surface area (Å²) in [6.45, 7) is 6.60. The lowest BCUT2D eigenvalue weighted by atomic mass is 9.45. The van der Waals surface area contributed by atoms with Gasteiger partial charge in [-0.3, -0.25) is 9.59 Å². The molecule has 7 atom stereocenters. The van der Waals surface area contributed by atoms with Gasteiger partial charge < -0.3 is 19.6 Å². The largest absolute Gasteiger partial charge is 0.457 e. The molecular weight excluding hydrogens is 654 g/mol. The zero-order valence-corrected chi connectivity index (χ0v) is 30.1. The first-order chi connectivity index (χ1) is 25.1. The molecule has 0 aliphatic heterocycles. The summed E-state index contributed by atoms with van der Waals surface area (Å²) < 4.78 is 13.5. The quantitative estimate of drug-likeness (QED) is 0.140. The Morgan fingerprint density at radius 3 is 2.65 bits per heavy atom. The number of hydrogen-bond acceptors (Lipinski definition) is 7. The van der Waals surface area contributed by atoms with E-state index in [-0.39, 0.29) is 40.6 Å². The van der Waals surface area contributed by atoms with Crippen molar-refractivity contribution < 1.29 is 28.6 Å². The fraction of sp³-hybridized carbons (Fsp3) is 0.442. The Morgan fingerprint density at radius 2 is 1.88 bits per heavy atom. The highest BCUT2D eigenvalue weighted by molar-refractivity contribution is 5.96. The highest BCUT2D eigenvalue weighted by Gasteiger charge is 2.71. The third-order valence-corrected chi connectivity index (χ3v) is 13.1. The van der Waals surface area contributed by atoms with Gasteiger partial charge >= 0.3 is 5.97 Å². The average molecular weight is 702 g/mol. The van der Waals surface area contributed by atoms with Crippen LogP contribution in [0, 0.1) is 28.6 Å². The van der Waals surface area contributed by atoms with Crippen LogP contribution < -0.4 is 5.32 Å². The predicted molar refractivity (Wildman–Crippen MR) is 196 cm³/mol. The lowest BCUT2D eigenvalue weighted by Crippen LogP contribution is -2.64. The molecule has 0 saturated heterocycles. The summed E-state index contributed by atoms with van der Waals surface area (Å²) in [4.78, 5) is 40.5. The molecule has 3 fully saturated rings. The van der Waals surface area contributed by atoms with Gasteiger partial charge in [0.1, 0.15) is 0 Å². The van der Waals surface area contributed by atoms with Crippen molar-refractivity contribution >= 4 is 23.7 Å². The van der Waals surface area contributed by atoms with Gasteiger partial charge in [0.05, 0.1) is 29.9 Å². The van der Waals surface area contributed by atoms with Crippen LogP contribution in [0.25, 0.3) is 11.8 Å². The zero-order valence-electron chi connectivity index (χ0n) is 30.1. The van der Waals surface area contributed by atoms with Gasteiger partial charge in [0.2, 0.25) is 5.76 Å². The SMILES string of the molecule is CCNC(=O)[C@@]1(OC(=O)c2ccco2)CCC2C3CCC4=Cc5c(cnn5-c5cccc(C(=O)CCc6ccccc6)c5)C[C@]4(C)C3C(O)C[C@@]21C. The smallest absolute Gasteiger partial charge is 0.375 e. The van der Waals surface area contributed by atoms with Crippen LogP contribution in [-0.4, -0.2) is 50.8 Å². The normalized spacial score (nSPS) is 30.3. The third kappa shape index (κ3) is 5.38. The van der Waals surface area contributed by atoms with Gasteiger partial charge in [-0.2, -0.15) is 5.10 Å². The van der Waals surface area contributed by atoms with Crippen molar-refractivity contribution in [2.75, 3.05) is 6.54 Å². The first-order valence-electron chi connectivity index (χ1n) is 18.8. The highest BCUT2D eigenvalue weighted by Crippen LogP contribution is 2.68. The van der Waals surface area contributed by atoms with Crippen LogP contribution in [0.5, 0.6) is 0 Å². The number of aliphatic hydroxyl groups excluding tert-OH is 1. The van der Waals surface area contributed by atoms with E-state index in [1.165, 1.54) is 11.8 Å². The maximum atomic E-state index is 14.0. The monoisotopic (exact) mass is 701 g/mol. The Balaban J connectivity index is 1.06. The number of carbonyl (C=O) groups is 3. The molecule has 2 aromatic carbocycles. The van der Waals surface area contributed by atoms with Crippen LogP contribution >= 0.6 is 0 Å². The number of rotatable bonds is 9. The van der Waals surface area contributed by atoms with E-state index in [4.69, 9.17) is 14.3 Å². The Labute approximate surface area is 304 Å². The van der Waals surface area contributed by atoms with E-state index in [0.717, 1.165) is 48.2 Å². The maximum Gasteiger partial charge on any atom is 0.375 e. The van der Waals surface area contributed by atoms with Gasteiger partial charge in [0.25, 0.3) is 5.91 Å². The van der Waals surface area contributed by atoms with Gasteiger partial charge in [-0.25, -0.2) is 9.48 Å². The summed E-state index contributed by atoms with van der Waals surface area (Å²) in [5.74, 6) is -0.599. The molecule has 4 unspecified atom stereocenters. The second-order valence-corrected chi connectivity index (χ2v) is 15.8. The number of hydrogen-bond donors (Lipinski definition) is 2. The number of aryl methyl sites for hydroxylation is 1. The van der Waals surface area contributed by atoms with E-state index in [1.807, 2.05) is 79.3 Å². The Bertz CT molecular complexity index is 2030. The number of nitrogens with zero attached hydrogens (tertiary/aromatic N) is 2. The number of nitrogens with one attached hydrogen (secondary N) is 1. The molecular formula is C43H47N3O6. The van der Waals surface area contributed by atoms with Crippen LogP contribution in [0.2, 0.25) is 0 Å². The molecule has 270 valence electrons. The molecule has 9 nitrogen and oxygen atoms in total. The van der Waals surface area contributed by atoms with Crippen LogP contribution in [0.4, 0.5) is 0 Å². The van der Waals surface area contributed by atoms with Crippen molar-refractivity contribution in [1.82, 2.24) is 15.1 Å². The third-order valence-electron chi connectivity index (χ3n) is 13.1. The lowest BCUT2D eigenvalue weighted by molar-refractivity contribution is -0.182. The number of likely N-dealkylation sites (N-methyl/N-ethyl adjacent to an activating group) is 1. The second kappa shape index (κ2) is 13.0. The maximum absolute atomic E-state index is 14.0. The summed E-state index contributed by atoms with van der Waals surface area (Å²) in [6, 6.07) is 21.0. The molecule has 3 saturated carbocycles. The van der Waals surface area contributed by atoms with E-state index in [2.05, 4.69) is 18.3 Å². The minimum absolute atomic E-state index is 0.0292. The predicted octanol–water partition coefficient (Wildman–Crippen LogP) is 7.17. The number of Topliss-reactive ketones (excluding diaryl/α,β-unsaturated/α-hetero) is 1. The molecule has 4 aliphatic rings. The number of esters is 1. The standard InChI is InChI=1S/C43H47N3O6/c1-4-44-40(50)43(52-39(49)37-14-9-21-51-37)20-19-33-32-17-16-30-23-34-29(24-41(30,2)38(32)36(48)25-42(33,43)3)26-45-46(34)31-13-8-12-28(22-31)35(47)18-15-27-10-6-5-7-11-27/h5-14,21-23,26,32-33,36,38,48H,4,15-20,24-25H2,1-3H3,(H,44,50)/t32?,33?,36?,38?,41-,42-,43-/m0/s1. The van der Waals surface area contributed by atoms with E-state index in [9.17, 15) is 19.5 Å². The fourth-order valence-corrected chi connectivity index (χ4v) is 10.7. The molecule has 8 rings (SSSR count). The van der Waals surface area contributed by atoms with Crippen LogP contribution in [-0.2, 0) is 22.4 Å². The summed E-state index contributed by atoms with van der Waals surface area (Å²) in [5, 5.41) is 20.0. The van der Waals surface area contributed by atoms with Crippen molar-refractivity contribution in [2.24, 2.45) is 28.6 Å². The Morgan fingerprint density at radius 1 is 1.06 bits per heavy atom. The van der Waals surface area contributed by atoms with E-state index < -0.39 is 23.1 Å². The Hall–Kier alpha value is -4.76. The van der Waals surface area contributed by atoms with Crippen LogP contribution in [0.3, 0.4) is 0 Å². The number of furan rings is 1. The number of aliphatic hydroxyl groups is 1. The Kier molecular flexibility index (Phi) is 8.60. The number of ketones is 1. The number of amides is 1. The van der Waals surface area contributed by atoms with Gasteiger partial charge in [-0.05, 0) is 117 Å². The second-order valence-electron chi connectivity index (χ2n) is 15.8. The van der Waals surface area contributed by atoms with E-state index in [0.29, 0.717) is 37.8 Å². The molecule has 4 aliphatic carbocycles. The number of benzene rings is 2. The van der Waals surface area contributed by atoms with E-state index >= 15 is 0 Å². The topological polar surface area (TPSA) is 124 Å². The van der Waals surface area contributed by atoms with Gasteiger partial charge in [-0.1, -0.05) is 61.9 Å². The van der Waals surface area contributed by atoms with Gasteiger partial charge in [0.15, 0.2) is 11.4 Å². The first-order valence-corrected chi connectivity index (χ1v) is 18.8. The van der Waals surface area contributed by atoms with Crippen LogP contribution in [0.15, 0.2) is 89.2 Å². The minimum atomic E-state index is -1.42. The van der Waals surface area contributed by atoms with E-state index in [1.54, 1.807) is 12.1 Å². The molecule has 0 spiro atoms. The van der Waals surface area contributed by atoms with Crippen LogP contribution in [0.1, 0.15) is 97.0 Å². The number of aromatic nitrogens is 2. The molecule has 9 heteroatoms. The summed E-state index contributed by atoms with van der Waals surface area (Å²) in [7, 11) is 0. The lowest BCUT2D eigenvalue weighted by Gasteiger charge is -2.60. The molecule has 2 aromatic heterocycles. The molecule has 4 aromatic rings. The molecule has 0 radical (unpaired) electrons. The number of carbonyl (C=O) groups excluding carboxylic acids is 3. The number of allylic oxidation sites excluding steroid dienone is 1. The van der Waals surface area contributed by atoms with Crippen molar-refractivity contribution in [3.05, 3.63) is 113 Å². The zero-order chi connectivity index (χ0) is 36.3. The van der Waals surface area contributed by atoms with Gasteiger partial charge in [-0.15, -0.1) is 0 Å². The highest BCUT2D eigenvalue weighted by atomic mass is 16.6. The molecule has 2 heterocycles. The van der Waals surface area contributed by atoms with Crippen molar-refractivity contribution in [1.29, 1.82) is 0 Å².